The zero-order valence-electron chi connectivity index (χ0n) is 17.2. The predicted octanol–water partition coefficient (Wildman–Crippen LogP) is 4.29. The zero-order valence-corrected chi connectivity index (χ0v) is 18.0. The number of carbonyl (C=O) groups is 1. The second kappa shape index (κ2) is 7.88. The molecule has 5 rings (SSSR count). The van der Waals surface area contributed by atoms with Crippen molar-refractivity contribution in [3.63, 3.8) is 0 Å². The average molecular weight is 429 g/mol. The fraction of sp³-hybridized carbons (Fsp3) is 0.174. The molecule has 0 bridgehead atoms. The number of benzene rings is 2. The summed E-state index contributed by atoms with van der Waals surface area (Å²) < 4.78 is 2.73. The van der Waals surface area contributed by atoms with Crippen LogP contribution in [-0.4, -0.2) is 30.9 Å². The smallest absolute Gasteiger partial charge is 0.250 e. The van der Waals surface area contributed by atoms with Crippen molar-refractivity contribution in [3.05, 3.63) is 77.6 Å². The molecule has 0 fully saturated rings. The first kappa shape index (κ1) is 19.3. The summed E-state index contributed by atoms with van der Waals surface area (Å²) in [4.78, 5) is 24.2. The van der Waals surface area contributed by atoms with Crippen LogP contribution >= 0.6 is 11.3 Å². The fourth-order valence-corrected chi connectivity index (χ4v) is 4.70. The van der Waals surface area contributed by atoms with E-state index in [0.29, 0.717) is 11.7 Å². The molecule has 3 heterocycles. The van der Waals surface area contributed by atoms with Crippen LogP contribution in [0.1, 0.15) is 16.7 Å². The minimum absolute atomic E-state index is 0.0781. The Kier molecular flexibility index (Phi) is 4.91. The highest BCUT2D eigenvalue weighted by molar-refractivity contribution is 7.22. The summed E-state index contributed by atoms with van der Waals surface area (Å²) >= 11 is 1.53. The maximum absolute atomic E-state index is 13.5. The quantitative estimate of drug-likeness (QED) is 0.417. The molecule has 0 saturated heterocycles. The van der Waals surface area contributed by atoms with Crippen molar-refractivity contribution < 1.29 is 4.79 Å². The molecule has 1 amide bonds. The largest absolute Gasteiger partial charge is 0.282 e. The van der Waals surface area contributed by atoms with Gasteiger partial charge in [-0.05, 0) is 54.8 Å². The van der Waals surface area contributed by atoms with Gasteiger partial charge < -0.3 is 0 Å². The maximum atomic E-state index is 13.5. The number of anilines is 1. The molecule has 0 saturated carbocycles. The number of carbonyl (C=O) groups excluding carboxylic acids is 1. The van der Waals surface area contributed by atoms with Gasteiger partial charge >= 0.3 is 0 Å². The Morgan fingerprint density at radius 1 is 1.10 bits per heavy atom. The van der Waals surface area contributed by atoms with E-state index < -0.39 is 0 Å². The monoisotopic (exact) mass is 428 g/mol. The van der Waals surface area contributed by atoms with Gasteiger partial charge in [0, 0.05) is 12.4 Å². The third-order valence-corrected chi connectivity index (χ3v) is 6.34. The summed E-state index contributed by atoms with van der Waals surface area (Å²) in [5, 5.41) is 9.01. The number of hydrogen-bond acceptors (Lipinski definition) is 6. The van der Waals surface area contributed by atoms with E-state index in [4.69, 9.17) is 4.98 Å². The number of thiazole rings is 1. The van der Waals surface area contributed by atoms with Crippen LogP contribution < -0.4 is 4.90 Å². The Morgan fingerprint density at radius 2 is 1.97 bits per heavy atom. The normalized spacial score (nSPS) is 11.3. The number of amides is 1. The SMILES string of the molecule is Cc1cc(C)c2sc(N(Cc3cccnc3)C(=O)Cn3nnc4ccccc43)nc2c1. The molecule has 2 aromatic carbocycles. The highest BCUT2D eigenvalue weighted by atomic mass is 32.1. The Morgan fingerprint density at radius 3 is 2.81 bits per heavy atom. The summed E-state index contributed by atoms with van der Waals surface area (Å²) in [5.41, 5.74) is 5.75. The number of para-hydroxylation sites is 1. The third kappa shape index (κ3) is 3.77. The van der Waals surface area contributed by atoms with E-state index in [9.17, 15) is 4.79 Å². The van der Waals surface area contributed by atoms with Crippen LogP contribution in [0.3, 0.4) is 0 Å². The first-order valence-electron chi connectivity index (χ1n) is 9.94. The molecule has 0 N–H and O–H groups in total. The van der Waals surface area contributed by atoms with Gasteiger partial charge in [0.25, 0.3) is 5.91 Å². The van der Waals surface area contributed by atoms with Gasteiger partial charge in [-0.15, -0.1) is 5.10 Å². The van der Waals surface area contributed by atoms with E-state index in [-0.39, 0.29) is 12.5 Å². The molecule has 0 unspecified atom stereocenters. The van der Waals surface area contributed by atoms with E-state index >= 15 is 0 Å². The Labute approximate surface area is 183 Å². The molecule has 3 aromatic heterocycles. The lowest BCUT2D eigenvalue weighted by Crippen LogP contribution is -2.33. The van der Waals surface area contributed by atoms with Crippen molar-refractivity contribution in [3.8, 4) is 0 Å². The van der Waals surface area contributed by atoms with Crippen LogP contribution in [0.2, 0.25) is 0 Å². The standard InChI is InChI=1S/C23H20N6OS/c1-15-10-16(2)22-19(11-15)25-23(31-22)28(13-17-6-5-9-24-12-17)21(30)14-29-20-8-4-3-7-18(20)26-27-29/h3-12H,13-14H2,1-2H3. The molecule has 0 spiro atoms. The van der Waals surface area contributed by atoms with Crippen molar-refractivity contribution in [2.75, 3.05) is 4.90 Å². The second-order valence-corrected chi connectivity index (χ2v) is 8.48. The number of hydrogen-bond donors (Lipinski definition) is 0. The minimum Gasteiger partial charge on any atom is -0.282 e. The Bertz CT molecular complexity index is 1390. The molecule has 7 nitrogen and oxygen atoms in total. The van der Waals surface area contributed by atoms with Crippen LogP contribution in [0.15, 0.2) is 60.9 Å². The zero-order chi connectivity index (χ0) is 21.4. The molecule has 31 heavy (non-hydrogen) atoms. The molecule has 0 aliphatic carbocycles. The highest BCUT2D eigenvalue weighted by Gasteiger charge is 2.22. The summed E-state index contributed by atoms with van der Waals surface area (Å²) in [6, 6.07) is 15.6. The van der Waals surface area contributed by atoms with Gasteiger partial charge in [0.15, 0.2) is 5.13 Å². The van der Waals surface area contributed by atoms with Crippen molar-refractivity contribution >= 4 is 43.6 Å². The van der Waals surface area contributed by atoms with E-state index in [1.807, 2.05) is 36.4 Å². The minimum atomic E-state index is -0.104. The lowest BCUT2D eigenvalue weighted by atomic mass is 10.1. The first-order chi connectivity index (χ1) is 15.1. The van der Waals surface area contributed by atoms with Gasteiger partial charge in [-0.1, -0.05) is 40.8 Å². The van der Waals surface area contributed by atoms with Gasteiger partial charge in [-0.25, -0.2) is 9.67 Å². The summed E-state index contributed by atoms with van der Waals surface area (Å²) in [6.45, 7) is 4.60. The van der Waals surface area contributed by atoms with Crippen molar-refractivity contribution in [1.82, 2.24) is 25.0 Å². The summed E-state index contributed by atoms with van der Waals surface area (Å²) in [6.07, 6.45) is 3.49. The van der Waals surface area contributed by atoms with Gasteiger partial charge in [-0.3, -0.25) is 14.7 Å². The van der Waals surface area contributed by atoms with Gasteiger partial charge in [0.2, 0.25) is 0 Å². The van der Waals surface area contributed by atoms with Gasteiger partial charge in [0.1, 0.15) is 12.1 Å². The van der Waals surface area contributed by atoms with Crippen LogP contribution in [0.25, 0.3) is 21.3 Å². The molecule has 0 aliphatic heterocycles. The number of nitrogens with zero attached hydrogens (tertiary/aromatic N) is 6. The molecule has 0 radical (unpaired) electrons. The van der Waals surface area contributed by atoms with Crippen LogP contribution in [0, 0.1) is 13.8 Å². The molecular formula is C23H20N6OS. The Balaban J connectivity index is 1.54. The molecule has 5 aromatic rings. The summed E-state index contributed by atoms with van der Waals surface area (Å²) in [7, 11) is 0. The predicted molar refractivity (Wildman–Crippen MR) is 122 cm³/mol. The first-order valence-corrected chi connectivity index (χ1v) is 10.8. The number of pyridine rings is 1. The fourth-order valence-electron chi connectivity index (χ4n) is 3.66. The van der Waals surface area contributed by atoms with Gasteiger partial charge in [0.05, 0.1) is 22.3 Å². The lowest BCUT2D eigenvalue weighted by Gasteiger charge is -2.20. The summed E-state index contributed by atoms with van der Waals surface area (Å²) in [5.74, 6) is -0.104. The topological polar surface area (TPSA) is 76.8 Å². The Hall–Kier alpha value is -3.65. The number of aromatic nitrogens is 5. The van der Waals surface area contributed by atoms with E-state index in [1.54, 1.807) is 22.0 Å². The highest BCUT2D eigenvalue weighted by Crippen LogP contribution is 2.33. The molecule has 0 atom stereocenters. The molecule has 8 heteroatoms. The van der Waals surface area contributed by atoms with Crippen LogP contribution in [0.4, 0.5) is 5.13 Å². The van der Waals surface area contributed by atoms with E-state index in [0.717, 1.165) is 37.9 Å². The van der Waals surface area contributed by atoms with Crippen molar-refractivity contribution in [2.45, 2.75) is 26.9 Å². The van der Waals surface area contributed by atoms with E-state index in [2.05, 4.69) is 41.3 Å². The van der Waals surface area contributed by atoms with Crippen molar-refractivity contribution in [1.29, 1.82) is 0 Å². The van der Waals surface area contributed by atoms with E-state index in [1.165, 1.54) is 11.3 Å². The molecular weight excluding hydrogens is 408 g/mol. The van der Waals surface area contributed by atoms with Gasteiger partial charge in [-0.2, -0.15) is 0 Å². The third-order valence-electron chi connectivity index (χ3n) is 5.11. The maximum Gasteiger partial charge on any atom is 0.250 e. The second-order valence-electron chi connectivity index (χ2n) is 7.50. The molecule has 154 valence electrons. The molecule has 0 aliphatic rings. The van der Waals surface area contributed by atoms with Crippen LogP contribution in [0.5, 0.6) is 0 Å². The number of rotatable bonds is 5. The number of aryl methyl sites for hydroxylation is 2. The van der Waals surface area contributed by atoms with Crippen molar-refractivity contribution in [2.24, 2.45) is 0 Å². The lowest BCUT2D eigenvalue weighted by molar-refractivity contribution is -0.119. The van der Waals surface area contributed by atoms with Crippen LogP contribution in [-0.2, 0) is 17.9 Å². The average Bonchev–Trinajstić information content (AvgIpc) is 3.37. The number of fused-ring (bicyclic) bond motifs is 2.